The minimum Gasteiger partial charge on any atom is -0.479 e. The number of hydrogen-bond donors (Lipinski definition) is 1. The van der Waals surface area contributed by atoms with Crippen LogP contribution in [0.2, 0.25) is 0 Å². The molecule has 0 aromatic heterocycles. The molecule has 1 aliphatic carbocycles. The van der Waals surface area contributed by atoms with Crippen LogP contribution in [-0.4, -0.2) is 42.6 Å². The zero-order valence-electron chi connectivity index (χ0n) is 18.8. The van der Waals surface area contributed by atoms with Gasteiger partial charge in [-0.05, 0) is 80.4 Å². The van der Waals surface area contributed by atoms with Gasteiger partial charge in [0.05, 0.1) is 12.2 Å². The van der Waals surface area contributed by atoms with E-state index in [4.69, 9.17) is 14.2 Å². The van der Waals surface area contributed by atoms with E-state index >= 15 is 0 Å². The van der Waals surface area contributed by atoms with Crippen LogP contribution in [0, 0.1) is 17.8 Å². The predicted molar refractivity (Wildman–Crippen MR) is 119 cm³/mol. The van der Waals surface area contributed by atoms with E-state index in [1.807, 2.05) is 25.1 Å². The number of carboxylic acids is 1. The largest absolute Gasteiger partial charge is 0.479 e. The van der Waals surface area contributed by atoms with E-state index in [0.717, 1.165) is 44.8 Å². The van der Waals surface area contributed by atoms with Crippen molar-refractivity contribution in [2.24, 2.45) is 17.8 Å². The van der Waals surface area contributed by atoms with Gasteiger partial charge in [0.15, 0.2) is 6.10 Å². The van der Waals surface area contributed by atoms with Gasteiger partial charge in [0, 0.05) is 13.2 Å². The van der Waals surface area contributed by atoms with Gasteiger partial charge in [-0.15, -0.1) is 0 Å². The molecule has 1 saturated carbocycles. The van der Waals surface area contributed by atoms with Crippen LogP contribution in [-0.2, 0) is 20.7 Å². The van der Waals surface area contributed by atoms with Gasteiger partial charge in [0.2, 0.25) is 0 Å². The lowest BCUT2D eigenvalue weighted by Crippen LogP contribution is -2.30. The Hall–Kier alpha value is -1.59. The number of carbonyl (C=O) groups is 1. The number of fused-ring (bicyclic) bond motifs is 2. The molecule has 3 aliphatic rings. The third kappa shape index (κ3) is 5.81. The van der Waals surface area contributed by atoms with E-state index in [-0.39, 0.29) is 0 Å². The lowest BCUT2D eigenvalue weighted by molar-refractivity contribution is -0.145. The summed E-state index contributed by atoms with van der Waals surface area (Å²) in [6.07, 6.45) is 11.0. The fraction of sp³-hybridized carbons (Fsp3) is 0.731. The summed E-state index contributed by atoms with van der Waals surface area (Å²) < 4.78 is 18.1. The van der Waals surface area contributed by atoms with Crippen molar-refractivity contribution < 1.29 is 24.1 Å². The second kappa shape index (κ2) is 10.8. The molecule has 172 valence electrons. The Morgan fingerprint density at radius 3 is 2.68 bits per heavy atom. The first-order valence-electron chi connectivity index (χ1n) is 12.4. The topological polar surface area (TPSA) is 65.0 Å². The maximum Gasteiger partial charge on any atom is 0.344 e. The van der Waals surface area contributed by atoms with Crippen LogP contribution in [0.5, 0.6) is 5.75 Å². The van der Waals surface area contributed by atoms with Crippen LogP contribution in [0.3, 0.4) is 0 Å². The maximum absolute atomic E-state index is 11.4. The zero-order valence-corrected chi connectivity index (χ0v) is 18.8. The lowest BCUT2D eigenvalue weighted by Gasteiger charge is -2.28. The standard InChI is InChI=1S/C26H38O5/c1-2-6-25(26(27)28)30-20-10-5-9-19(15-20)16-22-21(23-11-12-24(22)31-23)13-14-29-17-18-7-3-4-8-18/h5,9-10,15,18,21-25H,2-4,6-8,11-14,16-17H2,1H3,(H,27,28). The van der Waals surface area contributed by atoms with Crippen molar-refractivity contribution >= 4 is 5.97 Å². The minimum absolute atomic E-state index is 0.348. The zero-order chi connectivity index (χ0) is 21.6. The molecule has 1 N–H and O–H groups in total. The first-order chi connectivity index (χ1) is 15.1. The molecule has 2 saturated heterocycles. The smallest absolute Gasteiger partial charge is 0.344 e. The van der Waals surface area contributed by atoms with Crippen LogP contribution in [0.15, 0.2) is 24.3 Å². The van der Waals surface area contributed by atoms with E-state index in [0.29, 0.717) is 36.2 Å². The molecule has 3 fully saturated rings. The Bertz CT molecular complexity index is 714. The number of ether oxygens (including phenoxy) is 3. The Morgan fingerprint density at radius 2 is 1.94 bits per heavy atom. The molecule has 1 aromatic carbocycles. The Morgan fingerprint density at radius 1 is 1.16 bits per heavy atom. The Labute approximate surface area is 186 Å². The van der Waals surface area contributed by atoms with Crippen molar-refractivity contribution in [2.75, 3.05) is 13.2 Å². The summed E-state index contributed by atoms with van der Waals surface area (Å²) in [7, 11) is 0. The van der Waals surface area contributed by atoms with Gasteiger partial charge in [0.25, 0.3) is 0 Å². The van der Waals surface area contributed by atoms with Crippen molar-refractivity contribution in [1.82, 2.24) is 0 Å². The molecule has 2 heterocycles. The first-order valence-corrected chi connectivity index (χ1v) is 12.4. The highest BCUT2D eigenvalue weighted by Gasteiger charge is 2.48. The number of aliphatic carboxylic acids is 1. The molecule has 5 unspecified atom stereocenters. The minimum atomic E-state index is -0.897. The highest BCUT2D eigenvalue weighted by atomic mass is 16.5. The van der Waals surface area contributed by atoms with E-state index in [2.05, 4.69) is 6.07 Å². The monoisotopic (exact) mass is 430 g/mol. The van der Waals surface area contributed by atoms with E-state index < -0.39 is 12.1 Å². The molecule has 0 radical (unpaired) electrons. The average molecular weight is 431 g/mol. The van der Waals surface area contributed by atoms with Gasteiger partial charge in [-0.25, -0.2) is 4.79 Å². The quantitative estimate of drug-likeness (QED) is 0.459. The molecule has 5 atom stereocenters. The summed E-state index contributed by atoms with van der Waals surface area (Å²) in [6.45, 7) is 3.74. The van der Waals surface area contributed by atoms with Crippen LogP contribution in [0.4, 0.5) is 0 Å². The van der Waals surface area contributed by atoms with Gasteiger partial charge in [-0.2, -0.15) is 0 Å². The molecule has 2 aliphatic heterocycles. The SMILES string of the molecule is CCCC(Oc1cccc(CC2C3CCC(O3)C2CCOCC2CCCC2)c1)C(=O)O. The molecule has 0 spiro atoms. The summed E-state index contributed by atoms with van der Waals surface area (Å²) in [5.74, 6) is 1.59. The Balaban J connectivity index is 1.32. The molecule has 5 nitrogen and oxygen atoms in total. The third-order valence-corrected chi connectivity index (χ3v) is 7.49. The normalized spacial score (nSPS) is 28.8. The fourth-order valence-corrected chi connectivity index (χ4v) is 5.88. The van der Waals surface area contributed by atoms with E-state index in [1.54, 1.807) is 0 Å². The molecular formula is C26H38O5. The summed E-state index contributed by atoms with van der Waals surface area (Å²) in [5, 5.41) is 9.39. The van der Waals surface area contributed by atoms with Crippen LogP contribution >= 0.6 is 0 Å². The van der Waals surface area contributed by atoms with Gasteiger partial charge in [-0.1, -0.05) is 38.3 Å². The molecule has 0 amide bonds. The summed E-state index contributed by atoms with van der Waals surface area (Å²) in [6, 6.07) is 7.98. The summed E-state index contributed by atoms with van der Waals surface area (Å²) in [5.41, 5.74) is 1.20. The first kappa shape index (κ1) is 22.6. The molecule has 1 aromatic rings. The maximum atomic E-state index is 11.4. The van der Waals surface area contributed by atoms with Crippen molar-refractivity contribution in [2.45, 2.75) is 89.4 Å². The molecular weight excluding hydrogens is 392 g/mol. The second-order valence-electron chi connectivity index (χ2n) is 9.72. The van der Waals surface area contributed by atoms with Gasteiger partial charge in [0.1, 0.15) is 5.75 Å². The predicted octanol–water partition coefficient (Wildman–Crippen LogP) is 5.25. The lowest BCUT2D eigenvalue weighted by atomic mass is 9.75. The van der Waals surface area contributed by atoms with Crippen LogP contribution in [0.25, 0.3) is 0 Å². The van der Waals surface area contributed by atoms with Crippen molar-refractivity contribution in [3.63, 3.8) is 0 Å². The van der Waals surface area contributed by atoms with Crippen LogP contribution in [0.1, 0.15) is 70.3 Å². The number of hydrogen-bond acceptors (Lipinski definition) is 4. The van der Waals surface area contributed by atoms with Crippen molar-refractivity contribution in [1.29, 1.82) is 0 Å². The molecule has 4 rings (SSSR count). The van der Waals surface area contributed by atoms with Crippen LogP contribution < -0.4 is 4.74 Å². The number of carboxylic acid groups (broad SMARTS) is 1. The molecule has 31 heavy (non-hydrogen) atoms. The van der Waals surface area contributed by atoms with Gasteiger partial charge in [-0.3, -0.25) is 0 Å². The Kier molecular flexibility index (Phi) is 7.89. The molecule has 2 bridgehead atoms. The summed E-state index contributed by atoms with van der Waals surface area (Å²) in [4.78, 5) is 11.4. The van der Waals surface area contributed by atoms with E-state index in [9.17, 15) is 9.90 Å². The highest BCUT2D eigenvalue weighted by molar-refractivity contribution is 5.72. The molecule has 5 heteroatoms. The van der Waals surface area contributed by atoms with Gasteiger partial charge < -0.3 is 19.3 Å². The van der Waals surface area contributed by atoms with E-state index in [1.165, 1.54) is 37.7 Å². The number of benzene rings is 1. The second-order valence-corrected chi connectivity index (χ2v) is 9.72. The number of rotatable bonds is 12. The third-order valence-electron chi connectivity index (χ3n) is 7.49. The fourth-order valence-electron chi connectivity index (χ4n) is 5.88. The average Bonchev–Trinajstić information content (AvgIpc) is 3.50. The van der Waals surface area contributed by atoms with Crippen molar-refractivity contribution in [3.05, 3.63) is 29.8 Å². The van der Waals surface area contributed by atoms with Crippen molar-refractivity contribution in [3.8, 4) is 5.75 Å². The summed E-state index contributed by atoms with van der Waals surface area (Å²) >= 11 is 0. The highest BCUT2D eigenvalue weighted by Crippen LogP contribution is 2.46. The van der Waals surface area contributed by atoms with Gasteiger partial charge >= 0.3 is 5.97 Å².